The Morgan fingerprint density at radius 1 is 1.05 bits per heavy atom. The topological polar surface area (TPSA) is 12.0 Å². The van der Waals surface area contributed by atoms with Crippen molar-refractivity contribution < 1.29 is 0 Å². The molecule has 0 aliphatic carbocycles. The SMILES string of the molecule is CCNC(CSc1cccc(C)c1)Cc1ccccc1. The highest BCUT2D eigenvalue weighted by molar-refractivity contribution is 7.99. The molecule has 1 atom stereocenters. The Morgan fingerprint density at radius 3 is 2.55 bits per heavy atom. The normalized spacial score (nSPS) is 12.3. The van der Waals surface area contributed by atoms with Crippen molar-refractivity contribution in [2.24, 2.45) is 0 Å². The number of nitrogens with one attached hydrogen (secondary N) is 1. The van der Waals surface area contributed by atoms with Crippen molar-refractivity contribution in [3.8, 4) is 0 Å². The van der Waals surface area contributed by atoms with E-state index in [1.807, 2.05) is 11.8 Å². The van der Waals surface area contributed by atoms with Crippen molar-refractivity contribution in [2.75, 3.05) is 12.3 Å². The van der Waals surface area contributed by atoms with Crippen LogP contribution in [0, 0.1) is 6.92 Å². The maximum absolute atomic E-state index is 3.60. The van der Waals surface area contributed by atoms with Gasteiger partial charge in [-0.2, -0.15) is 0 Å². The van der Waals surface area contributed by atoms with Gasteiger partial charge in [-0.3, -0.25) is 0 Å². The summed E-state index contributed by atoms with van der Waals surface area (Å²) in [5.74, 6) is 1.10. The predicted molar refractivity (Wildman–Crippen MR) is 89.5 cm³/mol. The maximum Gasteiger partial charge on any atom is 0.0201 e. The molecule has 20 heavy (non-hydrogen) atoms. The number of rotatable bonds is 7. The van der Waals surface area contributed by atoms with Gasteiger partial charge in [0.1, 0.15) is 0 Å². The van der Waals surface area contributed by atoms with Gasteiger partial charge in [-0.05, 0) is 37.6 Å². The Kier molecular flexibility index (Phi) is 6.16. The number of aryl methyl sites for hydroxylation is 1. The van der Waals surface area contributed by atoms with Gasteiger partial charge >= 0.3 is 0 Å². The lowest BCUT2D eigenvalue weighted by Gasteiger charge is -2.17. The van der Waals surface area contributed by atoms with Crippen molar-refractivity contribution in [1.82, 2.24) is 5.32 Å². The zero-order chi connectivity index (χ0) is 14.2. The summed E-state index contributed by atoms with van der Waals surface area (Å²) >= 11 is 1.94. The van der Waals surface area contributed by atoms with Gasteiger partial charge in [0.05, 0.1) is 0 Å². The van der Waals surface area contributed by atoms with Crippen LogP contribution in [0.15, 0.2) is 59.5 Å². The van der Waals surface area contributed by atoms with E-state index in [2.05, 4.69) is 73.8 Å². The molecule has 0 bridgehead atoms. The number of likely N-dealkylation sites (N-methyl/N-ethyl adjacent to an activating group) is 1. The summed E-state index contributed by atoms with van der Waals surface area (Å²) in [6.45, 7) is 5.34. The molecule has 0 aromatic heterocycles. The number of hydrogen-bond donors (Lipinski definition) is 1. The minimum absolute atomic E-state index is 0.521. The molecule has 1 nitrogen and oxygen atoms in total. The highest BCUT2D eigenvalue weighted by Crippen LogP contribution is 2.20. The maximum atomic E-state index is 3.60. The molecule has 0 saturated heterocycles. The van der Waals surface area contributed by atoms with Crippen LogP contribution in [0.3, 0.4) is 0 Å². The Morgan fingerprint density at radius 2 is 1.85 bits per heavy atom. The lowest BCUT2D eigenvalue weighted by Crippen LogP contribution is -2.33. The van der Waals surface area contributed by atoms with Gasteiger partial charge in [0.25, 0.3) is 0 Å². The molecule has 1 N–H and O–H groups in total. The first kappa shape index (κ1) is 15.1. The van der Waals surface area contributed by atoms with E-state index in [1.54, 1.807) is 0 Å². The zero-order valence-corrected chi connectivity index (χ0v) is 13.1. The monoisotopic (exact) mass is 285 g/mol. The molecule has 0 heterocycles. The average molecular weight is 285 g/mol. The lowest BCUT2D eigenvalue weighted by molar-refractivity contribution is 0.572. The fourth-order valence-corrected chi connectivity index (χ4v) is 3.35. The summed E-state index contributed by atoms with van der Waals surface area (Å²) in [5.41, 5.74) is 2.74. The molecule has 1 unspecified atom stereocenters. The minimum atomic E-state index is 0.521. The van der Waals surface area contributed by atoms with Gasteiger partial charge in [0.15, 0.2) is 0 Å². The molecular weight excluding hydrogens is 262 g/mol. The Bertz CT molecular complexity index is 510. The predicted octanol–water partition coefficient (Wildman–Crippen LogP) is 4.31. The number of benzene rings is 2. The van der Waals surface area contributed by atoms with E-state index in [4.69, 9.17) is 0 Å². The molecule has 0 radical (unpaired) electrons. The molecule has 0 amide bonds. The van der Waals surface area contributed by atoms with Crippen LogP contribution in [0.1, 0.15) is 18.1 Å². The summed E-state index contributed by atoms with van der Waals surface area (Å²) in [6, 6.07) is 20.0. The second-order valence-corrected chi connectivity index (χ2v) is 6.17. The van der Waals surface area contributed by atoms with Gasteiger partial charge < -0.3 is 5.32 Å². The summed E-state index contributed by atoms with van der Waals surface area (Å²) < 4.78 is 0. The van der Waals surface area contributed by atoms with E-state index in [0.29, 0.717) is 6.04 Å². The zero-order valence-electron chi connectivity index (χ0n) is 12.3. The van der Waals surface area contributed by atoms with Crippen LogP contribution in [-0.4, -0.2) is 18.3 Å². The van der Waals surface area contributed by atoms with Crippen LogP contribution in [-0.2, 0) is 6.42 Å². The van der Waals surface area contributed by atoms with Crippen molar-refractivity contribution in [3.05, 3.63) is 65.7 Å². The van der Waals surface area contributed by atoms with Crippen LogP contribution in [0.25, 0.3) is 0 Å². The lowest BCUT2D eigenvalue weighted by atomic mass is 10.1. The molecule has 106 valence electrons. The van der Waals surface area contributed by atoms with E-state index in [1.165, 1.54) is 16.0 Å². The molecule has 0 saturated carbocycles. The first-order valence-corrected chi connectivity index (χ1v) is 8.23. The van der Waals surface area contributed by atoms with Crippen molar-refractivity contribution in [1.29, 1.82) is 0 Å². The third-order valence-electron chi connectivity index (χ3n) is 3.26. The molecule has 0 aliphatic rings. The Balaban J connectivity index is 1.92. The first-order chi connectivity index (χ1) is 9.78. The second kappa shape index (κ2) is 8.13. The van der Waals surface area contributed by atoms with Crippen LogP contribution in [0.5, 0.6) is 0 Å². The van der Waals surface area contributed by atoms with Gasteiger partial charge in [-0.25, -0.2) is 0 Å². The van der Waals surface area contributed by atoms with Gasteiger partial charge in [0, 0.05) is 16.7 Å². The summed E-state index contributed by atoms with van der Waals surface area (Å²) in [5, 5.41) is 3.60. The molecule has 0 fully saturated rings. The van der Waals surface area contributed by atoms with Crippen molar-refractivity contribution in [2.45, 2.75) is 31.2 Å². The Hall–Kier alpha value is -1.25. The fraction of sp³-hybridized carbons (Fsp3) is 0.333. The molecule has 0 aliphatic heterocycles. The van der Waals surface area contributed by atoms with Gasteiger partial charge in [-0.15, -0.1) is 11.8 Å². The smallest absolute Gasteiger partial charge is 0.0201 e. The standard InChI is InChI=1S/C18H23NS/c1-3-19-17(13-16-9-5-4-6-10-16)14-20-18-11-7-8-15(2)12-18/h4-12,17,19H,3,13-14H2,1-2H3. The third-order valence-corrected chi connectivity index (χ3v) is 4.41. The number of hydrogen-bond acceptors (Lipinski definition) is 2. The van der Waals surface area contributed by atoms with Crippen LogP contribution in [0.4, 0.5) is 0 Å². The van der Waals surface area contributed by atoms with E-state index in [9.17, 15) is 0 Å². The highest BCUT2D eigenvalue weighted by atomic mass is 32.2. The third kappa shape index (κ3) is 5.03. The summed E-state index contributed by atoms with van der Waals surface area (Å²) in [4.78, 5) is 1.36. The van der Waals surface area contributed by atoms with Crippen LogP contribution >= 0.6 is 11.8 Å². The first-order valence-electron chi connectivity index (χ1n) is 7.24. The van der Waals surface area contributed by atoms with Crippen molar-refractivity contribution >= 4 is 11.8 Å². The molecule has 2 rings (SSSR count). The summed E-state index contributed by atoms with van der Waals surface area (Å²) in [6.07, 6.45) is 1.09. The Labute approximate surface area is 126 Å². The van der Waals surface area contributed by atoms with Crippen LogP contribution in [0.2, 0.25) is 0 Å². The number of thioether (sulfide) groups is 1. The molecule has 2 heteroatoms. The average Bonchev–Trinajstić information content (AvgIpc) is 2.46. The quantitative estimate of drug-likeness (QED) is 0.761. The van der Waals surface area contributed by atoms with Gasteiger partial charge in [0.2, 0.25) is 0 Å². The molecule has 2 aromatic carbocycles. The second-order valence-electron chi connectivity index (χ2n) is 5.07. The van der Waals surface area contributed by atoms with E-state index in [0.717, 1.165) is 18.7 Å². The molecule has 2 aromatic rings. The molecule has 0 spiro atoms. The minimum Gasteiger partial charge on any atom is -0.313 e. The van der Waals surface area contributed by atoms with Crippen LogP contribution < -0.4 is 5.32 Å². The van der Waals surface area contributed by atoms with E-state index in [-0.39, 0.29) is 0 Å². The van der Waals surface area contributed by atoms with E-state index < -0.39 is 0 Å². The summed E-state index contributed by atoms with van der Waals surface area (Å²) in [7, 11) is 0. The highest BCUT2D eigenvalue weighted by Gasteiger charge is 2.09. The van der Waals surface area contributed by atoms with Gasteiger partial charge in [-0.1, -0.05) is 55.0 Å². The largest absolute Gasteiger partial charge is 0.313 e. The fourth-order valence-electron chi connectivity index (χ4n) is 2.28. The van der Waals surface area contributed by atoms with Crippen molar-refractivity contribution in [3.63, 3.8) is 0 Å². The molecular formula is C18H23NS. The van der Waals surface area contributed by atoms with E-state index >= 15 is 0 Å².